The molecule has 0 aliphatic rings. The average Bonchev–Trinajstić information content (AvgIpc) is 2.67. The molecule has 2 aromatic heterocycles. The van der Waals surface area contributed by atoms with Crippen LogP contribution in [-0.4, -0.2) is 14.5 Å². The first-order chi connectivity index (χ1) is 8.65. The van der Waals surface area contributed by atoms with E-state index in [1.54, 1.807) is 6.20 Å². The molecule has 18 heavy (non-hydrogen) atoms. The molecule has 1 N–H and O–H groups in total. The van der Waals surface area contributed by atoms with Crippen molar-refractivity contribution in [2.24, 2.45) is 5.92 Å². The SMILES string of the molecule is Cc1cn(CC(C)C)c(NCc2cccnc2)n1. The lowest BCUT2D eigenvalue weighted by Gasteiger charge is -2.11. The Morgan fingerprint density at radius 3 is 2.89 bits per heavy atom. The fourth-order valence-corrected chi connectivity index (χ4v) is 1.90. The zero-order valence-corrected chi connectivity index (χ0v) is 11.2. The van der Waals surface area contributed by atoms with Crippen LogP contribution in [0.3, 0.4) is 0 Å². The molecule has 0 atom stereocenters. The molecule has 0 aliphatic heterocycles. The highest BCUT2D eigenvalue weighted by Gasteiger charge is 2.06. The van der Waals surface area contributed by atoms with E-state index in [-0.39, 0.29) is 0 Å². The van der Waals surface area contributed by atoms with Crippen molar-refractivity contribution in [1.82, 2.24) is 14.5 Å². The van der Waals surface area contributed by atoms with Gasteiger partial charge in [0.05, 0.1) is 5.69 Å². The quantitative estimate of drug-likeness (QED) is 0.879. The van der Waals surface area contributed by atoms with Gasteiger partial charge in [-0.15, -0.1) is 0 Å². The molecule has 0 saturated heterocycles. The maximum atomic E-state index is 4.51. The highest BCUT2D eigenvalue weighted by molar-refractivity contribution is 5.30. The number of anilines is 1. The topological polar surface area (TPSA) is 42.7 Å². The van der Waals surface area contributed by atoms with Crippen LogP contribution in [0.1, 0.15) is 25.1 Å². The molecule has 2 heterocycles. The highest BCUT2D eigenvalue weighted by atomic mass is 15.2. The van der Waals surface area contributed by atoms with E-state index in [2.05, 4.69) is 46.0 Å². The maximum absolute atomic E-state index is 4.51. The Hall–Kier alpha value is -1.84. The van der Waals surface area contributed by atoms with Crippen LogP contribution in [0.2, 0.25) is 0 Å². The van der Waals surface area contributed by atoms with Crippen molar-refractivity contribution in [2.45, 2.75) is 33.9 Å². The molecule has 0 amide bonds. The number of pyridine rings is 1. The molecule has 4 heteroatoms. The predicted octanol–water partition coefficient (Wildman–Crippen LogP) is 2.85. The monoisotopic (exact) mass is 244 g/mol. The number of aryl methyl sites for hydroxylation is 1. The Morgan fingerprint density at radius 2 is 2.22 bits per heavy atom. The lowest BCUT2D eigenvalue weighted by molar-refractivity contribution is 0.526. The summed E-state index contributed by atoms with van der Waals surface area (Å²) in [5.41, 5.74) is 2.21. The molecule has 0 aromatic carbocycles. The van der Waals surface area contributed by atoms with Gasteiger partial charge in [-0.2, -0.15) is 0 Å². The van der Waals surface area contributed by atoms with Gasteiger partial charge in [0.1, 0.15) is 0 Å². The van der Waals surface area contributed by atoms with Gasteiger partial charge in [-0.25, -0.2) is 4.98 Å². The van der Waals surface area contributed by atoms with Gasteiger partial charge in [-0.3, -0.25) is 4.98 Å². The number of hydrogen-bond donors (Lipinski definition) is 1. The van der Waals surface area contributed by atoms with Crippen molar-refractivity contribution < 1.29 is 0 Å². The van der Waals surface area contributed by atoms with Gasteiger partial charge in [0.2, 0.25) is 5.95 Å². The summed E-state index contributed by atoms with van der Waals surface area (Å²) in [6.07, 6.45) is 5.74. The van der Waals surface area contributed by atoms with Crippen molar-refractivity contribution in [2.75, 3.05) is 5.32 Å². The Morgan fingerprint density at radius 1 is 1.39 bits per heavy atom. The van der Waals surface area contributed by atoms with Gasteiger partial charge in [-0.1, -0.05) is 19.9 Å². The van der Waals surface area contributed by atoms with Crippen LogP contribution in [0.4, 0.5) is 5.95 Å². The van der Waals surface area contributed by atoms with Crippen LogP contribution in [0.15, 0.2) is 30.7 Å². The van der Waals surface area contributed by atoms with E-state index in [0.717, 1.165) is 30.3 Å². The van der Waals surface area contributed by atoms with Gasteiger partial charge in [0.25, 0.3) is 0 Å². The summed E-state index contributed by atoms with van der Waals surface area (Å²) in [6, 6.07) is 4.01. The van der Waals surface area contributed by atoms with Crippen LogP contribution in [0.5, 0.6) is 0 Å². The van der Waals surface area contributed by atoms with Crippen LogP contribution in [0.25, 0.3) is 0 Å². The van der Waals surface area contributed by atoms with E-state index in [4.69, 9.17) is 0 Å². The first-order valence-electron chi connectivity index (χ1n) is 6.31. The molecule has 0 spiro atoms. The summed E-state index contributed by atoms with van der Waals surface area (Å²) in [4.78, 5) is 8.62. The molecule has 0 unspecified atom stereocenters. The van der Waals surface area contributed by atoms with Crippen LogP contribution in [-0.2, 0) is 13.1 Å². The number of hydrogen-bond acceptors (Lipinski definition) is 3. The van der Waals surface area contributed by atoms with Gasteiger partial charge in [-0.05, 0) is 24.5 Å². The summed E-state index contributed by atoms with van der Waals surface area (Å²) in [7, 11) is 0. The Bertz CT molecular complexity index is 488. The first kappa shape index (κ1) is 12.6. The van der Waals surface area contributed by atoms with Crippen LogP contribution in [0, 0.1) is 12.8 Å². The molecule has 0 fully saturated rings. The molecular formula is C14H20N4. The minimum Gasteiger partial charge on any atom is -0.352 e. The molecule has 96 valence electrons. The lowest BCUT2D eigenvalue weighted by atomic mass is 10.2. The van der Waals surface area contributed by atoms with Gasteiger partial charge >= 0.3 is 0 Å². The molecule has 4 nitrogen and oxygen atoms in total. The summed E-state index contributed by atoms with van der Waals surface area (Å²) < 4.78 is 2.18. The van der Waals surface area contributed by atoms with E-state index >= 15 is 0 Å². The van der Waals surface area contributed by atoms with E-state index in [9.17, 15) is 0 Å². The fraction of sp³-hybridized carbons (Fsp3) is 0.429. The number of imidazole rings is 1. The van der Waals surface area contributed by atoms with Gasteiger partial charge in [0.15, 0.2) is 0 Å². The summed E-state index contributed by atoms with van der Waals surface area (Å²) in [5, 5.41) is 3.37. The van der Waals surface area contributed by atoms with Crippen molar-refractivity contribution in [3.8, 4) is 0 Å². The molecular weight excluding hydrogens is 224 g/mol. The summed E-state index contributed by atoms with van der Waals surface area (Å²) in [5.74, 6) is 1.54. The second kappa shape index (κ2) is 5.67. The van der Waals surface area contributed by atoms with E-state index in [0.29, 0.717) is 5.92 Å². The third-order valence-corrected chi connectivity index (χ3v) is 2.63. The third-order valence-electron chi connectivity index (χ3n) is 2.63. The zero-order chi connectivity index (χ0) is 13.0. The largest absolute Gasteiger partial charge is 0.352 e. The minimum atomic E-state index is 0.609. The Labute approximate surface area is 108 Å². The average molecular weight is 244 g/mol. The minimum absolute atomic E-state index is 0.609. The van der Waals surface area contributed by atoms with Crippen LogP contribution < -0.4 is 5.32 Å². The normalized spacial score (nSPS) is 10.9. The predicted molar refractivity (Wildman–Crippen MR) is 73.4 cm³/mol. The zero-order valence-electron chi connectivity index (χ0n) is 11.2. The molecule has 0 radical (unpaired) electrons. The summed E-state index contributed by atoms with van der Waals surface area (Å²) in [6.45, 7) is 8.17. The first-order valence-corrected chi connectivity index (χ1v) is 6.31. The smallest absolute Gasteiger partial charge is 0.203 e. The van der Waals surface area contributed by atoms with Crippen molar-refractivity contribution in [3.63, 3.8) is 0 Å². The second-order valence-corrected chi connectivity index (χ2v) is 4.97. The Balaban J connectivity index is 2.04. The Kier molecular flexibility index (Phi) is 3.97. The molecule has 0 saturated carbocycles. The van der Waals surface area contributed by atoms with Crippen molar-refractivity contribution >= 4 is 5.95 Å². The van der Waals surface area contributed by atoms with Crippen molar-refractivity contribution in [3.05, 3.63) is 42.0 Å². The molecule has 0 bridgehead atoms. The molecule has 2 aromatic rings. The highest BCUT2D eigenvalue weighted by Crippen LogP contribution is 2.12. The second-order valence-electron chi connectivity index (χ2n) is 4.97. The number of aromatic nitrogens is 3. The summed E-state index contributed by atoms with van der Waals surface area (Å²) >= 11 is 0. The molecule has 0 aliphatic carbocycles. The van der Waals surface area contributed by atoms with E-state index in [1.807, 2.05) is 19.2 Å². The van der Waals surface area contributed by atoms with Gasteiger partial charge < -0.3 is 9.88 Å². The fourth-order valence-electron chi connectivity index (χ4n) is 1.90. The number of rotatable bonds is 5. The van der Waals surface area contributed by atoms with Crippen molar-refractivity contribution in [1.29, 1.82) is 0 Å². The number of nitrogens with one attached hydrogen (secondary N) is 1. The van der Waals surface area contributed by atoms with Gasteiger partial charge in [0, 0.05) is 31.7 Å². The third kappa shape index (κ3) is 3.32. The number of nitrogens with zero attached hydrogens (tertiary/aromatic N) is 3. The standard InChI is InChI=1S/C14H20N4/c1-11(2)9-18-10-12(3)17-14(18)16-8-13-5-4-6-15-7-13/h4-7,10-11H,8-9H2,1-3H3,(H,16,17). The molecule has 2 rings (SSSR count). The van der Waals surface area contributed by atoms with E-state index in [1.165, 1.54) is 0 Å². The lowest BCUT2D eigenvalue weighted by Crippen LogP contribution is -2.10. The maximum Gasteiger partial charge on any atom is 0.203 e. The van der Waals surface area contributed by atoms with E-state index < -0.39 is 0 Å². The van der Waals surface area contributed by atoms with Crippen LogP contribution >= 0.6 is 0 Å².